The van der Waals surface area contributed by atoms with Crippen LogP contribution < -0.4 is 4.74 Å². The summed E-state index contributed by atoms with van der Waals surface area (Å²) in [4.78, 5) is 10.9. The van der Waals surface area contributed by atoms with E-state index in [1.54, 1.807) is 19.1 Å². The summed E-state index contributed by atoms with van der Waals surface area (Å²) in [7, 11) is -2.61. The average molecular weight is 287 g/mol. The molecule has 6 nitrogen and oxygen atoms in total. The Morgan fingerprint density at radius 3 is 2.63 bits per heavy atom. The Hall–Kier alpha value is -1.60. The van der Waals surface area contributed by atoms with E-state index in [2.05, 4.69) is 0 Å². The molecular weight excluding hydrogens is 270 g/mol. The van der Waals surface area contributed by atoms with Gasteiger partial charge in [0.25, 0.3) is 0 Å². The van der Waals surface area contributed by atoms with E-state index in [0.29, 0.717) is 12.4 Å². The first kappa shape index (κ1) is 15.5. The molecule has 0 heterocycles. The smallest absolute Gasteiger partial charge is 0.321 e. The van der Waals surface area contributed by atoms with Gasteiger partial charge in [0.2, 0.25) is 10.0 Å². The SMILES string of the molecule is CCOc1cccc(S(=O)(=O)N(C)C(C)C(=O)O)c1. The molecule has 0 aliphatic rings. The van der Waals surface area contributed by atoms with E-state index in [-0.39, 0.29) is 4.90 Å². The predicted octanol–water partition coefficient (Wildman–Crippen LogP) is 1.18. The van der Waals surface area contributed by atoms with Crippen LogP contribution in [0.15, 0.2) is 29.2 Å². The number of hydrogen-bond acceptors (Lipinski definition) is 4. The fourth-order valence-corrected chi connectivity index (χ4v) is 2.78. The van der Waals surface area contributed by atoms with Gasteiger partial charge in [0, 0.05) is 13.1 Å². The summed E-state index contributed by atoms with van der Waals surface area (Å²) in [5.41, 5.74) is 0. The van der Waals surface area contributed by atoms with Crippen molar-refractivity contribution in [3.8, 4) is 5.75 Å². The van der Waals surface area contributed by atoms with Gasteiger partial charge in [-0.3, -0.25) is 4.79 Å². The zero-order valence-corrected chi connectivity index (χ0v) is 11.8. The summed E-state index contributed by atoms with van der Waals surface area (Å²) < 4.78 is 30.5. The van der Waals surface area contributed by atoms with Crippen LogP contribution >= 0.6 is 0 Å². The molecule has 0 radical (unpaired) electrons. The van der Waals surface area contributed by atoms with Crippen molar-refractivity contribution in [2.24, 2.45) is 0 Å². The standard InChI is InChI=1S/C12H17NO5S/c1-4-18-10-6-5-7-11(8-10)19(16,17)13(3)9(2)12(14)15/h5-9H,4H2,1-3H3,(H,14,15). The van der Waals surface area contributed by atoms with E-state index in [1.165, 1.54) is 26.1 Å². The first-order valence-electron chi connectivity index (χ1n) is 5.74. The number of carboxylic acids is 1. The van der Waals surface area contributed by atoms with Gasteiger partial charge in [0.05, 0.1) is 11.5 Å². The maximum atomic E-state index is 12.2. The van der Waals surface area contributed by atoms with Crippen LogP contribution in [0.4, 0.5) is 0 Å². The molecule has 0 fully saturated rings. The van der Waals surface area contributed by atoms with Crippen molar-refractivity contribution in [3.05, 3.63) is 24.3 Å². The van der Waals surface area contributed by atoms with Crippen LogP contribution in [0, 0.1) is 0 Å². The number of carboxylic acid groups (broad SMARTS) is 1. The first-order valence-corrected chi connectivity index (χ1v) is 7.18. The fraction of sp³-hybridized carbons (Fsp3) is 0.417. The molecule has 1 atom stereocenters. The van der Waals surface area contributed by atoms with Crippen molar-refractivity contribution in [2.75, 3.05) is 13.7 Å². The van der Waals surface area contributed by atoms with Gasteiger partial charge in [0.1, 0.15) is 11.8 Å². The van der Waals surface area contributed by atoms with Gasteiger partial charge < -0.3 is 9.84 Å². The molecule has 1 N–H and O–H groups in total. The summed E-state index contributed by atoms with van der Waals surface area (Å²) >= 11 is 0. The Morgan fingerprint density at radius 2 is 2.11 bits per heavy atom. The van der Waals surface area contributed by atoms with Gasteiger partial charge in [-0.1, -0.05) is 6.07 Å². The largest absolute Gasteiger partial charge is 0.494 e. The van der Waals surface area contributed by atoms with Crippen LogP contribution in [0.25, 0.3) is 0 Å². The second kappa shape index (κ2) is 6.03. The number of ether oxygens (including phenoxy) is 1. The summed E-state index contributed by atoms with van der Waals surface area (Å²) in [6.45, 7) is 3.52. The van der Waals surface area contributed by atoms with E-state index in [4.69, 9.17) is 9.84 Å². The van der Waals surface area contributed by atoms with Gasteiger partial charge in [-0.25, -0.2) is 8.42 Å². The van der Waals surface area contributed by atoms with Crippen LogP contribution in [0.2, 0.25) is 0 Å². The number of benzene rings is 1. The van der Waals surface area contributed by atoms with E-state index < -0.39 is 22.0 Å². The van der Waals surface area contributed by atoms with Crippen molar-refractivity contribution in [3.63, 3.8) is 0 Å². The molecule has 1 rings (SSSR count). The maximum absolute atomic E-state index is 12.2. The maximum Gasteiger partial charge on any atom is 0.321 e. The topological polar surface area (TPSA) is 83.9 Å². The van der Waals surface area contributed by atoms with Gasteiger partial charge in [-0.05, 0) is 26.0 Å². The van der Waals surface area contributed by atoms with Crippen LogP contribution in [-0.2, 0) is 14.8 Å². The molecule has 0 spiro atoms. The van der Waals surface area contributed by atoms with Crippen LogP contribution in [0.3, 0.4) is 0 Å². The Bertz CT molecular complexity index is 555. The number of nitrogens with zero attached hydrogens (tertiary/aromatic N) is 1. The van der Waals surface area contributed by atoms with E-state index >= 15 is 0 Å². The number of hydrogen-bond donors (Lipinski definition) is 1. The normalized spacial score (nSPS) is 13.3. The minimum Gasteiger partial charge on any atom is -0.494 e. The highest BCUT2D eigenvalue weighted by atomic mass is 32.2. The van der Waals surface area contributed by atoms with E-state index in [1.807, 2.05) is 0 Å². The van der Waals surface area contributed by atoms with Crippen molar-refractivity contribution >= 4 is 16.0 Å². The van der Waals surface area contributed by atoms with Crippen molar-refractivity contribution in [1.82, 2.24) is 4.31 Å². The van der Waals surface area contributed by atoms with Crippen molar-refractivity contribution in [1.29, 1.82) is 0 Å². The van der Waals surface area contributed by atoms with Gasteiger partial charge >= 0.3 is 5.97 Å². The first-order chi connectivity index (χ1) is 8.80. The molecule has 19 heavy (non-hydrogen) atoms. The molecule has 0 aliphatic carbocycles. The number of rotatable bonds is 6. The Morgan fingerprint density at radius 1 is 1.47 bits per heavy atom. The average Bonchev–Trinajstić information content (AvgIpc) is 2.37. The number of likely N-dealkylation sites (N-methyl/N-ethyl adjacent to an activating group) is 1. The fourth-order valence-electron chi connectivity index (χ4n) is 1.42. The lowest BCUT2D eigenvalue weighted by Crippen LogP contribution is -2.40. The molecule has 1 unspecified atom stereocenters. The lowest BCUT2D eigenvalue weighted by atomic mass is 10.3. The predicted molar refractivity (Wildman–Crippen MR) is 69.7 cm³/mol. The molecule has 0 amide bonds. The van der Waals surface area contributed by atoms with Crippen molar-refractivity contribution < 1.29 is 23.1 Å². The van der Waals surface area contributed by atoms with E-state index in [9.17, 15) is 13.2 Å². The lowest BCUT2D eigenvalue weighted by molar-refractivity contribution is -0.140. The summed E-state index contributed by atoms with van der Waals surface area (Å²) in [5.74, 6) is -0.771. The molecule has 0 bridgehead atoms. The molecule has 0 aromatic heterocycles. The van der Waals surface area contributed by atoms with Crippen LogP contribution in [0.5, 0.6) is 5.75 Å². The number of carbonyl (C=O) groups is 1. The van der Waals surface area contributed by atoms with Crippen molar-refractivity contribution in [2.45, 2.75) is 24.8 Å². The third-order valence-electron chi connectivity index (χ3n) is 2.70. The molecule has 1 aromatic rings. The second-order valence-corrected chi connectivity index (χ2v) is 5.94. The second-order valence-electron chi connectivity index (χ2n) is 3.94. The molecule has 0 saturated heterocycles. The molecule has 0 saturated carbocycles. The molecule has 7 heteroatoms. The Labute approximate surface area is 112 Å². The minimum atomic E-state index is -3.85. The molecular formula is C12H17NO5S. The van der Waals surface area contributed by atoms with Crippen LogP contribution in [-0.4, -0.2) is 43.5 Å². The molecule has 1 aromatic carbocycles. The minimum absolute atomic E-state index is 0.00838. The zero-order chi connectivity index (χ0) is 14.6. The summed E-state index contributed by atoms with van der Waals surface area (Å²) in [6, 6.07) is 4.84. The molecule has 106 valence electrons. The highest BCUT2D eigenvalue weighted by Gasteiger charge is 2.29. The summed E-state index contributed by atoms with van der Waals surface area (Å²) in [6.07, 6.45) is 0. The lowest BCUT2D eigenvalue weighted by Gasteiger charge is -2.21. The van der Waals surface area contributed by atoms with E-state index in [0.717, 1.165) is 4.31 Å². The number of sulfonamides is 1. The van der Waals surface area contributed by atoms with Gasteiger partial charge in [-0.2, -0.15) is 4.31 Å². The highest BCUT2D eigenvalue weighted by Crippen LogP contribution is 2.21. The number of aliphatic carboxylic acids is 1. The third kappa shape index (κ3) is 3.45. The summed E-state index contributed by atoms with van der Waals surface area (Å²) in [5, 5.41) is 8.87. The Kier molecular flexibility index (Phi) is 4.90. The van der Waals surface area contributed by atoms with Crippen LogP contribution in [0.1, 0.15) is 13.8 Å². The third-order valence-corrected chi connectivity index (χ3v) is 4.62. The van der Waals surface area contributed by atoms with Gasteiger partial charge in [-0.15, -0.1) is 0 Å². The zero-order valence-electron chi connectivity index (χ0n) is 11.0. The highest BCUT2D eigenvalue weighted by molar-refractivity contribution is 7.89. The monoisotopic (exact) mass is 287 g/mol. The Balaban J connectivity index is 3.12. The van der Waals surface area contributed by atoms with Gasteiger partial charge in [0.15, 0.2) is 0 Å². The molecule has 0 aliphatic heterocycles. The quantitative estimate of drug-likeness (QED) is 0.849.